The van der Waals surface area contributed by atoms with Gasteiger partial charge in [0, 0.05) is 85.3 Å². The first-order chi connectivity index (χ1) is 69.9. The number of benzene rings is 24. The molecule has 0 aliphatic rings. The Bertz CT molecular complexity index is 9630. The first kappa shape index (κ1) is 80.7. The number of aromatic nitrogens is 6. The van der Waals surface area contributed by atoms with E-state index in [1.54, 1.807) is 0 Å². The van der Waals surface area contributed by atoms with Crippen LogP contribution in [0.4, 0.5) is 0 Å². The molecule has 0 aliphatic carbocycles. The molecular formula is C135H84N6. The van der Waals surface area contributed by atoms with Gasteiger partial charge in [0.2, 0.25) is 0 Å². The van der Waals surface area contributed by atoms with Crippen molar-refractivity contribution in [2.45, 2.75) is 0 Å². The molecule has 6 nitrogen and oxygen atoms in total. The molecule has 141 heavy (non-hydrogen) atoms. The summed E-state index contributed by atoms with van der Waals surface area (Å²) in [6.45, 7) is 0. The summed E-state index contributed by atoms with van der Waals surface area (Å²) in [4.78, 5) is 13.5. The van der Waals surface area contributed by atoms with Gasteiger partial charge in [0.1, 0.15) is 0 Å². The number of hydrogen-bond acceptors (Lipinski definition) is 3. The van der Waals surface area contributed by atoms with E-state index in [0.29, 0.717) is 0 Å². The van der Waals surface area contributed by atoms with Crippen LogP contribution in [-0.2, 0) is 0 Å². The lowest BCUT2D eigenvalue weighted by Gasteiger charge is -2.17. The van der Waals surface area contributed by atoms with Crippen LogP contribution in [0.2, 0.25) is 0 Å². The van der Waals surface area contributed by atoms with E-state index in [4.69, 9.17) is 0 Å². The number of nitrogens with zero attached hydrogens (tertiary/aromatic N) is 6. The van der Waals surface area contributed by atoms with Crippen molar-refractivity contribution < 1.29 is 0 Å². The van der Waals surface area contributed by atoms with Crippen LogP contribution in [0, 0.1) is 0 Å². The SMILES string of the molecule is c1ccc(-c2ccc(-c3ccc4ccc5c(-c6ccc(-n7c8ccccc8c8ccccc87)cc6)ccc6ccc3c4c65)cc2)nc1.c1ccc(-n2c3ccccc3c3cc(-c4cccc(-c5ccc6ccc7c(-c8ccccn8)ccc8ccc5c6c87)c4)ccc32)cc1.c1cncc(-c2ccc(-c3ccc4ccc5c(-c6ccc(-n7c8ccccc8c8ccccc87)cc6)ccc6ccc3c4c65)cc2)c1. The smallest absolute Gasteiger partial charge is 0.0708 e. The van der Waals surface area contributed by atoms with Gasteiger partial charge in [0.15, 0.2) is 0 Å². The van der Waals surface area contributed by atoms with Gasteiger partial charge >= 0.3 is 0 Å². The van der Waals surface area contributed by atoms with Gasteiger partial charge in [0.25, 0.3) is 0 Å². The van der Waals surface area contributed by atoms with Crippen molar-refractivity contribution in [1.82, 2.24) is 28.7 Å². The van der Waals surface area contributed by atoms with Crippen LogP contribution in [0.5, 0.6) is 0 Å². The van der Waals surface area contributed by atoms with E-state index in [9.17, 15) is 0 Å². The fraction of sp³-hybridized carbons (Fsp3) is 0. The van der Waals surface area contributed by atoms with Crippen molar-refractivity contribution in [1.29, 1.82) is 0 Å². The first-order valence-corrected chi connectivity index (χ1v) is 48.4. The highest BCUT2D eigenvalue weighted by molar-refractivity contribution is 6.31. The molecule has 0 unspecified atom stereocenters. The molecule has 0 amide bonds. The highest BCUT2D eigenvalue weighted by Crippen LogP contribution is 2.49. The predicted octanol–water partition coefficient (Wildman–Crippen LogP) is 36.2. The zero-order chi connectivity index (χ0) is 92.7. The quantitative estimate of drug-likeness (QED) is 0.115. The Morgan fingerprint density at radius 3 is 0.823 bits per heavy atom. The minimum absolute atomic E-state index is 0.991. The summed E-state index contributed by atoms with van der Waals surface area (Å²) < 4.78 is 7.13. The Labute approximate surface area is 812 Å². The summed E-state index contributed by atoms with van der Waals surface area (Å²) in [6, 6.07) is 177. The Kier molecular flexibility index (Phi) is 18.9. The summed E-state index contributed by atoms with van der Waals surface area (Å²) in [7, 11) is 0. The summed E-state index contributed by atoms with van der Waals surface area (Å²) in [6.07, 6.45) is 7.45. The van der Waals surface area contributed by atoms with E-state index in [-0.39, 0.29) is 0 Å². The van der Waals surface area contributed by atoms with Crippen LogP contribution in [0.25, 0.3) is 280 Å². The van der Waals surface area contributed by atoms with Crippen molar-refractivity contribution in [2.24, 2.45) is 0 Å². The molecule has 0 N–H and O–H groups in total. The van der Waals surface area contributed by atoms with Crippen molar-refractivity contribution in [3.8, 4) is 117 Å². The minimum atomic E-state index is 0.991. The fourth-order valence-corrected chi connectivity index (χ4v) is 23.0. The van der Waals surface area contributed by atoms with Crippen molar-refractivity contribution in [3.05, 3.63) is 510 Å². The van der Waals surface area contributed by atoms with Crippen LogP contribution in [0.1, 0.15) is 0 Å². The lowest BCUT2D eigenvalue weighted by molar-refractivity contribution is 1.18. The van der Waals surface area contributed by atoms with E-state index < -0.39 is 0 Å². The molecule has 30 aromatic rings. The summed E-state index contributed by atoms with van der Waals surface area (Å²) in [5, 5.41) is 30.8. The molecule has 0 atom stereocenters. The monoisotopic (exact) mass is 1790 g/mol. The van der Waals surface area contributed by atoms with E-state index in [2.05, 4.69) is 490 Å². The average Bonchev–Trinajstić information content (AvgIpc) is 1.23. The molecule has 6 heterocycles. The number of hydrogen-bond donors (Lipinski definition) is 0. The third kappa shape index (κ3) is 13.4. The molecule has 6 aromatic heterocycles. The predicted molar refractivity (Wildman–Crippen MR) is 596 cm³/mol. The average molecular weight is 1790 g/mol. The van der Waals surface area contributed by atoms with Crippen LogP contribution in [0.3, 0.4) is 0 Å². The Morgan fingerprint density at radius 2 is 0.433 bits per heavy atom. The zero-order valence-corrected chi connectivity index (χ0v) is 76.7. The molecule has 0 saturated carbocycles. The number of rotatable bonds is 12. The minimum Gasteiger partial charge on any atom is -0.309 e. The largest absolute Gasteiger partial charge is 0.309 e. The maximum absolute atomic E-state index is 4.69. The topological polar surface area (TPSA) is 53.5 Å². The molecule has 0 radical (unpaired) electrons. The second-order valence-electron chi connectivity index (χ2n) is 37.1. The molecule has 0 bridgehead atoms. The van der Waals surface area contributed by atoms with Gasteiger partial charge in [-0.05, 0) is 290 Å². The lowest BCUT2D eigenvalue weighted by atomic mass is 9.87. The normalized spacial score (nSPS) is 11.8. The lowest BCUT2D eigenvalue weighted by Crippen LogP contribution is -1.94. The summed E-state index contributed by atoms with van der Waals surface area (Å²) >= 11 is 0. The van der Waals surface area contributed by atoms with E-state index >= 15 is 0 Å². The maximum Gasteiger partial charge on any atom is 0.0708 e. The van der Waals surface area contributed by atoms with Gasteiger partial charge in [-0.25, -0.2) is 0 Å². The Balaban J connectivity index is 0.000000104. The van der Waals surface area contributed by atoms with Gasteiger partial charge in [-0.2, -0.15) is 0 Å². The van der Waals surface area contributed by atoms with E-state index in [1.165, 1.54) is 257 Å². The van der Waals surface area contributed by atoms with Gasteiger partial charge in [-0.3, -0.25) is 15.0 Å². The molecule has 0 spiro atoms. The molecule has 0 saturated heterocycles. The Hall–Kier alpha value is -18.8. The van der Waals surface area contributed by atoms with Crippen LogP contribution in [-0.4, -0.2) is 28.7 Å². The van der Waals surface area contributed by atoms with Crippen molar-refractivity contribution >= 4 is 162 Å². The molecule has 654 valence electrons. The summed E-state index contributed by atoms with van der Waals surface area (Å²) in [5.74, 6) is 0. The number of para-hydroxylation sites is 6. The second kappa shape index (κ2) is 33.1. The first-order valence-electron chi connectivity index (χ1n) is 48.4. The summed E-state index contributed by atoms with van der Waals surface area (Å²) in [5.41, 5.74) is 32.2. The van der Waals surface area contributed by atoms with Crippen molar-refractivity contribution in [2.75, 3.05) is 0 Å². The third-order valence-corrected chi connectivity index (χ3v) is 29.5. The van der Waals surface area contributed by atoms with E-state index in [0.717, 1.165) is 22.5 Å². The molecular weight excluding hydrogens is 1710 g/mol. The highest BCUT2D eigenvalue weighted by Gasteiger charge is 2.24. The third-order valence-electron chi connectivity index (χ3n) is 29.5. The second-order valence-corrected chi connectivity index (χ2v) is 37.1. The van der Waals surface area contributed by atoms with Gasteiger partial charge in [-0.1, -0.05) is 370 Å². The zero-order valence-electron chi connectivity index (χ0n) is 76.7. The van der Waals surface area contributed by atoms with Crippen molar-refractivity contribution in [3.63, 3.8) is 0 Å². The van der Waals surface area contributed by atoms with E-state index in [1.807, 2.05) is 49.1 Å². The molecule has 0 fully saturated rings. The molecule has 24 aromatic carbocycles. The highest BCUT2D eigenvalue weighted by atomic mass is 15.0. The molecule has 0 aliphatic heterocycles. The standard InChI is InChI=1S/3C45H28N2/c1-3-10-42-37(7-1)38-8-2-4-11-43(38)47(42)34-22-16-30(17-23-34)36-25-19-33-20-26-39-35(24-18-32-21-27-40(36)45(33)44(32)39)29-12-14-31(15-13-29)41-9-5-6-28-46-41;1-3-9-42-38(7-1)39-8-2-4-10-43(39)47(42)35-21-15-31(16-22-35)37-24-18-33-19-25-40-36(23-17-32-20-26-41(37)45(33)44(32)40)30-13-11-29(12-14-30)34-6-5-27-46-28-34;1-2-11-34(12-3-1)47-42-15-5-4-13-37(42)40-28-32(20-25-43(40)47)31-9-8-10-33(27-31)35-21-16-29-19-24-39-36(41-14-6-7-26-46-41)22-17-30-18-23-38(35)44(29)45(30)39/h3*1-28H. The maximum atomic E-state index is 4.69. The van der Waals surface area contributed by atoms with Gasteiger partial charge in [0.05, 0.1) is 44.5 Å². The van der Waals surface area contributed by atoms with Gasteiger partial charge < -0.3 is 13.7 Å². The molecule has 30 rings (SSSR count). The fourth-order valence-electron chi connectivity index (χ4n) is 23.0. The van der Waals surface area contributed by atoms with Crippen LogP contribution >= 0.6 is 0 Å². The molecule has 6 heteroatoms. The number of fused-ring (bicyclic) bond motifs is 9. The number of pyridine rings is 3. The van der Waals surface area contributed by atoms with Gasteiger partial charge in [-0.15, -0.1) is 0 Å². The Morgan fingerprint density at radius 1 is 0.142 bits per heavy atom. The van der Waals surface area contributed by atoms with Crippen LogP contribution in [0.15, 0.2) is 510 Å². The van der Waals surface area contributed by atoms with Crippen LogP contribution < -0.4 is 0 Å².